The molecule has 0 aromatic heterocycles. The fourth-order valence-corrected chi connectivity index (χ4v) is 3.87. The second-order valence-corrected chi connectivity index (χ2v) is 7.58. The molecule has 0 saturated heterocycles. The molecule has 0 unspecified atom stereocenters. The molecular weight excluding hydrogens is 425 g/mol. The molecule has 0 atom stereocenters. The van der Waals surface area contributed by atoms with Crippen LogP contribution in [0.15, 0.2) is 108 Å². The Morgan fingerprint density at radius 3 is 2.12 bits per heavy atom. The second-order valence-electron chi connectivity index (χ2n) is 7.58. The first-order valence-electron chi connectivity index (χ1n) is 10.3. The van der Waals surface area contributed by atoms with Gasteiger partial charge in [-0.05, 0) is 53.6 Å². The van der Waals surface area contributed by atoms with Crippen molar-refractivity contribution < 1.29 is 18.0 Å². The number of benzene rings is 4. The molecule has 6 heteroatoms. The van der Waals surface area contributed by atoms with Gasteiger partial charge in [0, 0.05) is 11.3 Å². The Labute approximate surface area is 188 Å². The van der Waals surface area contributed by atoms with Gasteiger partial charge in [-0.15, -0.1) is 0 Å². The Balaban J connectivity index is 1.49. The lowest BCUT2D eigenvalue weighted by atomic mass is 10.0. The van der Waals surface area contributed by atoms with Crippen molar-refractivity contribution in [2.24, 2.45) is 4.99 Å². The minimum Gasteiger partial charge on any atom is -0.275 e. The molecular formula is C27H17F3N2O. The van der Waals surface area contributed by atoms with Crippen LogP contribution in [0.1, 0.15) is 11.1 Å². The minimum absolute atomic E-state index is 0.232. The molecule has 0 bridgehead atoms. The zero-order chi connectivity index (χ0) is 23.0. The maximum atomic E-state index is 13.3. The standard InChI is InChI=1S/C27H17F3N2O/c28-27(29,30)20-8-6-7-19(17-20)18-13-15-21(16-14-18)31-25-23-11-4-5-12-24(23)32(26(25)33)22-9-2-1-3-10-22/h1-17H/b31-25-. The van der Waals surface area contributed by atoms with E-state index in [4.69, 9.17) is 0 Å². The maximum absolute atomic E-state index is 13.3. The van der Waals surface area contributed by atoms with Crippen LogP contribution in [-0.2, 0) is 11.0 Å². The van der Waals surface area contributed by atoms with Gasteiger partial charge in [0.25, 0.3) is 5.91 Å². The topological polar surface area (TPSA) is 32.7 Å². The van der Waals surface area contributed by atoms with Gasteiger partial charge in [0.15, 0.2) is 0 Å². The molecule has 4 aromatic rings. The van der Waals surface area contributed by atoms with E-state index < -0.39 is 11.7 Å². The highest BCUT2D eigenvalue weighted by molar-refractivity contribution is 6.56. The highest BCUT2D eigenvalue weighted by atomic mass is 19.4. The molecule has 0 fully saturated rings. The summed E-state index contributed by atoms with van der Waals surface area (Å²) in [5.74, 6) is -0.232. The molecule has 1 amide bonds. The first-order valence-corrected chi connectivity index (χ1v) is 10.3. The zero-order valence-corrected chi connectivity index (χ0v) is 17.3. The fourth-order valence-electron chi connectivity index (χ4n) is 3.87. The lowest BCUT2D eigenvalue weighted by molar-refractivity contribution is -0.137. The van der Waals surface area contributed by atoms with E-state index in [0.29, 0.717) is 22.5 Å². The summed E-state index contributed by atoms with van der Waals surface area (Å²) in [4.78, 5) is 19.5. The lowest BCUT2D eigenvalue weighted by Crippen LogP contribution is -2.25. The molecule has 3 nitrogen and oxygen atoms in total. The van der Waals surface area contributed by atoms with Crippen LogP contribution < -0.4 is 4.90 Å². The third-order valence-corrected chi connectivity index (χ3v) is 5.45. The quantitative estimate of drug-likeness (QED) is 0.331. The van der Waals surface area contributed by atoms with Crippen LogP contribution >= 0.6 is 0 Å². The van der Waals surface area contributed by atoms with Crippen molar-refractivity contribution in [2.45, 2.75) is 6.18 Å². The first kappa shape index (κ1) is 20.7. The zero-order valence-electron chi connectivity index (χ0n) is 17.3. The van der Waals surface area contributed by atoms with Crippen LogP contribution in [0.3, 0.4) is 0 Å². The number of anilines is 2. The predicted molar refractivity (Wildman–Crippen MR) is 123 cm³/mol. The van der Waals surface area contributed by atoms with E-state index in [9.17, 15) is 18.0 Å². The van der Waals surface area contributed by atoms with Gasteiger partial charge in [0.2, 0.25) is 0 Å². The number of fused-ring (bicyclic) bond motifs is 1. The smallest absolute Gasteiger partial charge is 0.275 e. The van der Waals surface area contributed by atoms with Gasteiger partial charge in [-0.25, -0.2) is 4.99 Å². The summed E-state index contributed by atoms with van der Waals surface area (Å²) >= 11 is 0. The fraction of sp³-hybridized carbons (Fsp3) is 0.0370. The maximum Gasteiger partial charge on any atom is 0.416 e. The Kier molecular flexibility index (Phi) is 5.05. The first-order chi connectivity index (χ1) is 15.9. The van der Waals surface area contributed by atoms with E-state index in [-0.39, 0.29) is 5.91 Å². The summed E-state index contributed by atoms with van der Waals surface area (Å²) in [6.07, 6.45) is -4.40. The SMILES string of the molecule is O=C1/C(=N\c2ccc(-c3cccc(C(F)(F)F)c3)cc2)c2ccccc2N1c1ccccc1. The molecule has 0 N–H and O–H groups in total. The van der Waals surface area contributed by atoms with Gasteiger partial charge in [0.05, 0.1) is 16.9 Å². The number of para-hydroxylation sites is 2. The molecule has 1 aliphatic heterocycles. The van der Waals surface area contributed by atoms with Gasteiger partial charge in [-0.2, -0.15) is 13.2 Å². The van der Waals surface area contributed by atoms with Crippen molar-refractivity contribution in [3.05, 3.63) is 114 Å². The highest BCUT2D eigenvalue weighted by Crippen LogP contribution is 2.37. The van der Waals surface area contributed by atoms with Crippen LogP contribution in [0.25, 0.3) is 11.1 Å². The molecule has 4 aromatic carbocycles. The molecule has 1 aliphatic rings. The molecule has 162 valence electrons. The highest BCUT2D eigenvalue weighted by Gasteiger charge is 2.34. The number of carbonyl (C=O) groups is 1. The van der Waals surface area contributed by atoms with Crippen molar-refractivity contribution in [2.75, 3.05) is 4.90 Å². The van der Waals surface area contributed by atoms with E-state index in [1.165, 1.54) is 6.07 Å². The number of rotatable bonds is 3. The minimum atomic E-state index is -4.40. The Hall–Kier alpha value is -4.19. The molecule has 0 saturated carbocycles. The number of alkyl halides is 3. The van der Waals surface area contributed by atoms with Crippen molar-refractivity contribution in [3.63, 3.8) is 0 Å². The molecule has 1 heterocycles. The van der Waals surface area contributed by atoms with E-state index in [1.54, 1.807) is 35.2 Å². The number of carbonyl (C=O) groups excluding carboxylic acids is 1. The van der Waals surface area contributed by atoms with Crippen molar-refractivity contribution in [1.29, 1.82) is 0 Å². The van der Waals surface area contributed by atoms with Crippen LogP contribution in [0.2, 0.25) is 0 Å². The molecule has 0 spiro atoms. The van der Waals surface area contributed by atoms with Gasteiger partial charge < -0.3 is 0 Å². The van der Waals surface area contributed by atoms with Gasteiger partial charge >= 0.3 is 6.18 Å². The third kappa shape index (κ3) is 3.91. The van der Waals surface area contributed by atoms with E-state index in [1.807, 2.05) is 54.6 Å². The monoisotopic (exact) mass is 442 g/mol. The van der Waals surface area contributed by atoms with Crippen LogP contribution in [-0.4, -0.2) is 11.6 Å². The van der Waals surface area contributed by atoms with E-state index in [2.05, 4.69) is 4.99 Å². The number of aliphatic imine (C=N–C) groups is 1. The number of nitrogens with zero attached hydrogens (tertiary/aromatic N) is 2. The molecule has 0 radical (unpaired) electrons. The predicted octanol–water partition coefficient (Wildman–Crippen LogP) is 7.17. The molecule has 33 heavy (non-hydrogen) atoms. The average Bonchev–Trinajstić information content (AvgIpc) is 3.11. The van der Waals surface area contributed by atoms with Gasteiger partial charge in [-0.3, -0.25) is 9.69 Å². The third-order valence-electron chi connectivity index (χ3n) is 5.45. The van der Waals surface area contributed by atoms with Crippen molar-refractivity contribution >= 4 is 28.7 Å². The van der Waals surface area contributed by atoms with Crippen LogP contribution in [0.4, 0.5) is 30.2 Å². The summed E-state index contributed by atoms with van der Waals surface area (Å²) < 4.78 is 39.1. The number of halogens is 3. The summed E-state index contributed by atoms with van der Waals surface area (Å²) in [5, 5.41) is 0. The molecule has 5 rings (SSSR count). The Morgan fingerprint density at radius 1 is 0.697 bits per heavy atom. The molecule has 0 aliphatic carbocycles. The number of hydrogen-bond donors (Lipinski definition) is 0. The summed E-state index contributed by atoms with van der Waals surface area (Å²) in [6.45, 7) is 0. The normalized spacial score (nSPS) is 14.6. The van der Waals surface area contributed by atoms with E-state index in [0.717, 1.165) is 29.1 Å². The largest absolute Gasteiger partial charge is 0.416 e. The average molecular weight is 442 g/mol. The second kappa shape index (κ2) is 8.06. The van der Waals surface area contributed by atoms with Crippen LogP contribution in [0.5, 0.6) is 0 Å². The summed E-state index contributed by atoms with van der Waals surface area (Å²) in [7, 11) is 0. The van der Waals surface area contributed by atoms with Gasteiger partial charge in [-0.1, -0.05) is 60.7 Å². The lowest BCUT2D eigenvalue weighted by Gasteiger charge is -2.16. The summed E-state index contributed by atoms with van der Waals surface area (Å²) in [6, 6.07) is 28.8. The van der Waals surface area contributed by atoms with Crippen molar-refractivity contribution in [3.8, 4) is 11.1 Å². The van der Waals surface area contributed by atoms with Crippen molar-refractivity contribution in [1.82, 2.24) is 0 Å². The Bertz CT molecular complexity index is 1360. The van der Waals surface area contributed by atoms with Gasteiger partial charge in [0.1, 0.15) is 5.71 Å². The number of amides is 1. The van der Waals surface area contributed by atoms with Crippen LogP contribution in [0, 0.1) is 0 Å². The Morgan fingerprint density at radius 2 is 1.39 bits per heavy atom. The summed E-state index contributed by atoms with van der Waals surface area (Å²) in [5.41, 5.74) is 3.50. The van der Waals surface area contributed by atoms with E-state index >= 15 is 0 Å². The number of hydrogen-bond acceptors (Lipinski definition) is 2.